The van der Waals surface area contributed by atoms with Crippen molar-refractivity contribution in [2.75, 3.05) is 5.32 Å². The van der Waals surface area contributed by atoms with Crippen molar-refractivity contribution >= 4 is 23.2 Å². The second-order valence-electron chi connectivity index (χ2n) is 6.50. The van der Waals surface area contributed by atoms with Crippen LogP contribution in [0.2, 0.25) is 5.15 Å². The van der Waals surface area contributed by atoms with Crippen LogP contribution in [-0.2, 0) is 0 Å². The van der Waals surface area contributed by atoms with E-state index in [2.05, 4.69) is 15.3 Å². The molecule has 0 saturated carbocycles. The maximum Gasteiger partial charge on any atom is 0.193 e. The molecule has 1 fully saturated rings. The molecule has 0 spiro atoms. The number of aromatic nitrogens is 1. The van der Waals surface area contributed by atoms with E-state index in [1.807, 2.05) is 27.7 Å². The van der Waals surface area contributed by atoms with Gasteiger partial charge in [0.05, 0.1) is 11.6 Å². The Kier molecular flexibility index (Phi) is 4.15. The van der Waals surface area contributed by atoms with E-state index in [0.717, 1.165) is 12.1 Å². The molecule has 0 bridgehead atoms. The van der Waals surface area contributed by atoms with E-state index in [0.29, 0.717) is 11.1 Å². The van der Waals surface area contributed by atoms with Crippen molar-refractivity contribution in [3.05, 3.63) is 23.5 Å². The molecular weight excluding hydrogens is 290 g/mol. The fourth-order valence-corrected chi connectivity index (χ4v) is 2.94. The second kappa shape index (κ2) is 5.44. The van der Waals surface area contributed by atoms with Gasteiger partial charge in [-0.25, -0.2) is 9.98 Å². The number of rotatable bonds is 2. The summed E-state index contributed by atoms with van der Waals surface area (Å²) in [5.41, 5.74) is 5.88. The highest BCUT2D eigenvalue weighted by atomic mass is 35.5. The number of hydrogen-bond donors (Lipinski definition) is 3. The predicted molar refractivity (Wildman–Crippen MR) is 84.7 cm³/mol. The van der Waals surface area contributed by atoms with Gasteiger partial charge >= 0.3 is 0 Å². The Labute approximate surface area is 130 Å². The Morgan fingerprint density at radius 1 is 1.52 bits per heavy atom. The summed E-state index contributed by atoms with van der Waals surface area (Å²) in [5, 5.41) is 15.0. The molecule has 6 nitrogen and oxygen atoms in total. The Morgan fingerprint density at radius 2 is 2.19 bits per heavy atom. The Hall–Kier alpha value is -1.37. The maximum atomic E-state index is 10.3. The topological polar surface area (TPSA) is 86.8 Å². The smallest absolute Gasteiger partial charge is 0.193 e. The summed E-state index contributed by atoms with van der Waals surface area (Å²) in [6.07, 6.45) is 2.31. The number of halogens is 1. The molecule has 21 heavy (non-hydrogen) atoms. The van der Waals surface area contributed by atoms with Gasteiger partial charge in [-0.1, -0.05) is 11.6 Å². The van der Waals surface area contributed by atoms with E-state index in [4.69, 9.17) is 17.3 Å². The van der Waals surface area contributed by atoms with Gasteiger partial charge in [0.1, 0.15) is 5.15 Å². The molecule has 1 aliphatic heterocycles. The van der Waals surface area contributed by atoms with Gasteiger partial charge in [0.2, 0.25) is 0 Å². The zero-order valence-electron chi connectivity index (χ0n) is 12.8. The van der Waals surface area contributed by atoms with Crippen molar-refractivity contribution < 1.29 is 5.21 Å². The fraction of sp³-hybridized carbons (Fsp3) is 0.571. The normalized spacial score (nSPS) is 25.0. The molecule has 4 N–H and O–H groups in total. The van der Waals surface area contributed by atoms with Gasteiger partial charge in [-0.05, 0) is 46.2 Å². The van der Waals surface area contributed by atoms with Gasteiger partial charge in [0, 0.05) is 17.4 Å². The van der Waals surface area contributed by atoms with Crippen molar-refractivity contribution in [3.63, 3.8) is 0 Å². The molecule has 1 aromatic heterocycles. The van der Waals surface area contributed by atoms with Crippen LogP contribution in [0.5, 0.6) is 0 Å². The van der Waals surface area contributed by atoms with Crippen molar-refractivity contribution in [2.24, 2.45) is 10.7 Å². The number of nitrogens with one attached hydrogen (secondary N) is 1. The molecule has 0 amide bonds. The first-order valence-electron chi connectivity index (χ1n) is 6.84. The lowest BCUT2D eigenvalue weighted by atomic mass is 9.95. The highest BCUT2D eigenvalue weighted by Gasteiger charge is 2.51. The zero-order chi connectivity index (χ0) is 15.8. The summed E-state index contributed by atoms with van der Waals surface area (Å²) < 4.78 is 0. The van der Waals surface area contributed by atoms with Crippen LogP contribution >= 0.6 is 11.6 Å². The number of nitrogens with zero attached hydrogens (tertiary/aromatic N) is 3. The minimum Gasteiger partial charge on any atom is -0.370 e. The number of anilines is 1. The molecule has 0 aliphatic carbocycles. The maximum absolute atomic E-state index is 10.3. The molecule has 116 valence electrons. The molecule has 1 atom stereocenters. The van der Waals surface area contributed by atoms with Gasteiger partial charge in [-0.2, -0.15) is 5.06 Å². The van der Waals surface area contributed by atoms with E-state index < -0.39 is 5.54 Å². The summed E-state index contributed by atoms with van der Waals surface area (Å²) in [6, 6.07) is 3.32. The summed E-state index contributed by atoms with van der Waals surface area (Å²) in [4.78, 5) is 8.43. The number of guanidine groups is 1. The Balaban J connectivity index is 2.16. The average molecular weight is 312 g/mol. The van der Waals surface area contributed by atoms with E-state index in [1.165, 1.54) is 5.06 Å². The zero-order valence-corrected chi connectivity index (χ0v) is 13.5. The van der Waals surface area contributed by atoms with Crippen LogP contribution in [-0.4, -0.2) is 38.3 Å². The van der Waals surface area contributed by atoms with Crippen LogP contribution in [0.25, 0.3) is 0 Å². The van der Waals surface area contributed by atoms with E-state index in [9.17, 15) is 5.21 Å². The minimum atomic E-state index is -0.480. The number of hydroxylamine groups is 2. The molecule has 0 aromatic carbocycles. The first-order valence-corrected chi connectivity index (χ1v) is 7.22. The number of hydrogen-bond acceptors (Lipinski definition) is 4. The summed E-state index contributed by atoms with van der Waals surface area (Å²) in [5.74, 6) is 0.293. The summed E-state index contributed by atoms with van der Waals surface area (Å²) in [7, 11) is 0. The third kappa shape index (κ3) is 3.28. The van der Waals surface area contributed by atoms with Crippen LogP contribution in [0.1, 0.15) is 34.1 Å². The Bertz CT molecular complexity index is 558. The van der Waals surface area contributed by atoms with Crippen LogP contribution < -0.4 is 11.1 Å². The molecule has 0 radical (unpaired) electrons. The van der Waals surface area contributed by atoms with E-state index >= 15 is 0 Å². The molecule has 2 rings (SSSR count). The SMILES string of the molecule is CC1(C)CC(N=C(N)Nc2ccnc(Cl)c2)C(C)(C)N1O. The first kappa shape index (κ1) is 16.0. The van der Waals surface area contributed by atoms with E-state index in [1.54, 1.807) is 18.3 Å². The minimum absolute atomic E-state index is 0.109. The summed E-state index contributed by atoms with van der Waals surface area (Å²) in [6.45, 7) is 7.87. The van der Waals surface area contributed by atoms with E-state index in [-0.39, 0.29) is 11.6 Å². The van der Waals surface area contributed by atoms with Crippen LogP contribution in [0, 0.1) is 0 Å². The summed E-state index contributed by atoms with van der Waals surface area (Å²) >= 11 is 5.83. The van der Waals surface area contributed by atoms with Gasteiger partial charge in [0.25, 0.3) is 0 Å². The van der Waals surface area contributed by atoms with Crippen molar-refractivity contribution in [1.29, 1.82) is 0 Å². The molecule has 2 heterocycles. The largest absolute Gasteiger partial charge is 0.370 e. The third-order valence-electron chi connectivity index (χ3n) is 3.92. The molecule has 1 aromatic rings. The van der Waals surface area contributed by atoms with Crippen LogP contribution in [0.4, 0.5) is 5.69 Å². The Morgan fingerprint density at radius 3 is 2.71 bits per heavy atom. The van der Waals surface area contributed by atoms with Crippen molar-refractivity contribution in [2.45, 2.75) is 51.2 Å². The van der Waals surface area contributed by atoms with Gasteiger partial charge in [0.15, 0.2) is 5.96 Å². The van der Waals surface area contributed by atoms with Crippen LogP contribution in [0.15, 0.2) is 23.3 Å². The molecule has 1 aliphatic rings. The van der Waals surface area contributed by atoms with Gasteiger partial charge < -0.3 is 16.3 Å². The quantitative estimate of drug-likeness (QED) is 0.444. The monoisotopic (exact) mass is 311 g/mol. The molecular formula is C14H22ClN5O. The lowest BCUT2D eigenvalue weighted by Crippen LogP contribution is -2.48. The second-order valence-corrected chi connectivity index (χ2v) is 6.89. The number of pyridine rings is 1. The lowest BCUT2D eigenvalue weighted by molar-refractivity contribution is -0.193. The van der Waals surface area contributed by atoms with Crippen molar-refractivity contribution in [3.8, 4) is 0 Å². The van der Waals surface area contributed by atoms with Crippen LogP contribution in [0.3, 0.4) is 0 Å². The fourth-order valence-electron chi connectivity index (χ4n) is 2.76. The third-order valence-corrected chi connectivity index (χ3v) is 4.13. The average Bonchev–Trinajstić information content (AvgIpc) is 2.50. The molecule has 1 unspecified atom stereocenters. The van der Waals surface area contributed by atoms with Gasteiger partial charge in [-0.15, -0.1) is 0 Å². The lowest BCUT2D eigenvalue weighted by Gasteiger charge is -2.34. The van der Waals surface area contributed by atoms with Gasteiger partial charge in [-0.3, -0.25) is 0 Å². The molecule has 1 saturated heterocycles. The first-order chi connectivity index (χ1) is 9.63. The van der Waals surface area contributed by atoms with Crippen molar-refractivity contribution in [1.82, 2.24) is 10.0 Å². The standard InChI is InChI=1S/C14H22ClN5O/c1-13(2)8-10(14(3,4)20(13)21)19-12(16)18-9-5-6-17-11(15)7-9/h5-7,10,21H,8H2,1-4H3,(H3,16,17,18,19). The molecule has 7 heteroatoms. The number of aliphatic imine (C=N–C) groups is 1. The number of nitrogens with two attached hydrogens (primary N) is 1. The highest BCUT2D eigenvalue weighted by Crippen LogP contribution is 2.40. The highest BCUT2D eigenvalue weighted by molar-refractivity contribution is 6.29. The predicted octanol–water partition coefficient (Wildman–Crippen LogP) is 2.48.